The molecule has 1 aromatic carbocycles. The number of pyridine rings is 1. The van der Waals surface area contributed by atoms with E-state index in [2.05, 4.69) is 31.6 Å². The van der Waals surface area contributed by atoms with Gasteiger partial charge in [0.05, 0.1) is 0 Å². The molecule has 1 saturated heterocycles. The maximum absolute atomic E-state index is 13.5. The number of nitrogens with zero attached hydrogens (tertiary/aromatic N) is 3. The highest BCUT2D eigenvalue weighted by atomic mass is 127. The molecular weight excluding hydrogens is 512 g/mol. The predicted octanol–water partition coefficient (Wildman–Crippen LogP) is 4.56. The summed E-state index contributed by atoms with van der Waals surface area (Å²) in [5.74, 6) is 2.38. The maximum Gasteiger partial charge on any atom is 0.191 e. The number of benzene rings is 1. The zero-order chi connectivity index (χ0) is 20.5. The third-order valence-electron chi connectivity index (χ3n) is 5.09. The van der Waals surface area contributed by atoms with Crippen LogP contribution in [0.4, 0.5) is 10.2 Å². The summed E-state index contributed by atoms with van der Waals surface area (Å²) in [6.45, 7) is 3.45. The molecule has 1 aliphatic rings. The molecule has 0 bridgehead atoms. The highest BCUT2D eigenvalue weighted by molar-refractivity contribution is 14.0. The van der Waals surface area contributed by atoms with E-state index >= 15 is 0 Å². The lowest BCUT2D eigenvalue weighted by Gasteiger charge is -2.28. The Bertz CT molecular complexity index is 827. The Balaban J connectivity index is 0.00000320. The molecular formula is C22H31FIN5S. The molecule has 1 aromatic heterocycles. The number of hydrogen-bond acceptors (Lipinski definition) is 4. The summed E-state index contributed by atoms with van der Waals surface area (Å²) in [5, 5.41) is 6.70. The van der Waals surface area contributed by atoms with Gasteiger partial charge >= 0.3 is 0 Å². The van der Waals surface area contributed by atoms with Crippen molar-refractivity contribution in [1.29, 1.82) is 0 Å². The van der Waals surface area contributed by atoms with Crippen molar-refractivity contribution in [1.82, 2.24) is 15.6 Å². The van der Waals surface area contributed by atoms with E-state index in [9.17, 15) is 4.39 Å². The van der Waals surface area contributed by atoms with Crippen molar-refractivity contribution in [3.63, 3.8) is 0 Å². The van der Waals surface area contributed by atoms with Crippen molar-refractivity contribution in [2.24, 2.45) is 4.99 Å². The van der Waals surface area contributed by atoms with Crippen molar-refractivity contribution in [2.75, 3.05) is 31.3 Å². The Morgan fingerprint density at radius 2 is 1.87 bits per heavy atom. The lowest BCUT2D eigenvalue weighted by atomic mass is 10.1. The molecule has 0 atom stereocenters. The lowest BCUT2D eigenvalue weighted by molar-refractivity contribution is 0.573. The van der Waals surface area contributed by atoms with Crippen molar-refractivity contribution in [3.05, 3.63) is 59.0 Å². The third kappa shape index (κ3) is 7.30. The van der Waals surface area contributed by atoms with E-state index in [1.54, 1.807) is 24.9 Å². The van der Waals surface area contributed by atoms with Crippen LogP contribution in [-0.4, -0.2) is 37.3 Å². The molecule has 0 unspecified atom stereocenters. The fourth-order valence-corrected chi connectivity index (χ4v) is 4.09. The van der Waals surface area contributed by atoms with Gasteiger partial charge in [0.1, 0.15) is 11.6 Å². The molecule has 2 aromatic rings. The first-order chi connectivity index (χ1) is 14.2. The van der Waals surface area contributed by atoms with E-state index in [1.165, 1.54) is 30.9 Å². The monoisotopic (exact) mass is 543 g/mol. The zero-order valence-corrected chi connectivity index (χ0v) is 20.8. The largest absolute Gasteiger partial charge is 0.357 e. The summed E-state index contributed by atoms with van der Waals surface area (Å²) in [7, 11) is 1.76. The highest BCUT2D eigenvalue weighted by Crippen LogP contribution is 2.19. The van der Waals surface area contributed by atoms with Crippen LogP contribution in [0.3, 0.4) is 0 Å². The highest BCUT2D eigenvalue weighted by Gasteiger charge is 2.12. The second-order valence-electron chi connectivity index (χ2n) is 7.20. The van der Waals surface area contributed by atoms with Gasteiger partial charge in [-0.3, -0.25) is 4.99 Å². The Morgan fingerprint density at radius 1 is 1.10 bits per heavy atom. The third-order valence-corrected chi connectivity index (χ3v) is 5.69. The molecule has 5 nitrogen and oxygen atoms in total. The van der Waals surface area contributed by atoms with E-state index < -0.39 is 0 Å². The number of aromatic nitrogens is 1. The smallest absolute Gasteiger partial charge is 0.191 e. The number of piperidine rings is 1. The van der Waals surface area contributed by atoms with Crippen LogP contribution in [0.5, 0.6) is 0 Å². The number of hydrogen-bond donors (Lipinski definition) is 2. The molecule has 0 spiro atoms. The fourth-order valence-electron chi connectivity index (χ4n) is 3.51. The van der Waals surface area contributed by atoms with E-state index in [4.69, 9.17) is 0 Å². The van der Waals surface area contributed by atoms with Crippen molar-refractivity contribution < 1.29 is 4.39 Å². The first-order valence-electron chi connectivity index (χ1n) is 10.1. The maximum atomic E-state index is 13.5. The summed E-state index contributed by atoms with van der Waals surface area (Å²) in [6, 6.07) is 9.15. The summed E-state index contributed by atoms with van der Waals surface area (Å²) in [6.07, 6.45) is 7.69. The van der Waals surface area contributed by atoms with Gasteiger partial charge in [-0.1, -0.05) is 6.07 Å². The fraction of sp³-hybridized carbons (Fsp3) is 0.455. The Labute approximate surface area is 200 Å². The van der Waals surface area contributed by atoms with Gasteiger partial charge in [0, 0.05) is 45.2 Å². The van der Waals surface area contributed by atoms with Crippen LogP contribution in [0.25, 0.3) is 0 Å². The second-order valence-corrected chi connectivity index (χ2v) is 8.06. The Kier molecular flexibility index (Phi) is 10.7. The van der Waals surface area contributed by atoms with Crippen molar-refractivity contribution in [3.8, 4) is 0 Å². The van der Waals surface area contributed by atoms with Crippen LogP contribution < -0.4 is 15.5 Å². The quantitative estimate of drug-likeness (QED) is 0.305. The van der Waals surface area contributed by atoms with E-state index in [-0.39, 0.29) is 29.8 Å². The summed E-state index contributed by atoms with van der Waals surface area (Å²) in [5.41, 5.74) is 3.27. The molecule has 8 heteroatoms. The first kappa shape index (κ1) is 24.7. The van der Waals surface area contributed by atoms with Gasteiger partial charge in [-0.25, -0.2) is 9.37 Å². The lowest BCUT2D eigenvalue weighted by Crippen LogP contribution is -2.36. The minimum atomic E-state index is -0.192. The van der Waals surface area contributed by atoms with E-state index in [1.807, 2.05) is 24.6 Å². The minimum Gasteiger partial charge on any atom is -0.357 e. The molecule has 2 heterocycles. The number of guanidine groups is 1. The van der Waals surface area contributed by atoms with Gasteiger partial charge in [-0.2, -0.15) is 11.8 Å². The van der Waals surface area contributed by atoms with Gasteiger partial charge in [0.25, 0.3) is 0 Å². The van der Waals surface area contributed by atoms with Gasteiger partial charge in [-0.15, -0.1) is 24.0 Å². The molecule has 164 valence electrons. The molecule has 1 fully saturated rings. The number of nitrogens with one attached hydrogen (secondary N) is 2. The van der Waals surface area contributed by atoms with Gasteiger partial charge < -0.3 is 15.5 Å². The van der Waals surface area contributed by atoms with E-state index in [0.29, 0.717) is 13.1 Å². The van der Waals surface area contributed by atoms with Gasteiger partial charge in [0.2, 0.25) is 0 Å². The van der Waals surface area contributed by atoms with Crippen LogP contribution >= 0.6 is 35.7 Å². The Hall–Kier alpha value is -1.55. The SMILES string of the molecule is CN=C(NCc1ccnc(N2CCCCC2)c1)NCc1ccc(F)cc1CSC.I. The average Bonchev–Trinajstić information content (AvgIpc) is 2.76. The van der Waals surface area contributed by atoms with Crippen molar-refractivity contribution in [2.45, 2.75) is 38.1 Å². The number of aliphatic imine (C=N–C) groups is 1. The zero-order valence-electron chi connectivity index (χ0n) is 17.7. The number of halogens is 2. The summed E-state index contributed by atoms with van der Waals surface area (Å²) < 4.78 is 13.5. The minimum absolute atomic E-state index is 0. The van der Waals surface area contributed by atoms with Crippen LogP contribution in [0.15, 0.2) is 41.5 Å². The topological polar surface area (TPSA) is 52.6 Å². The van der Waals surface area contributed by atoms with Crippen LogP contribution in [0.1, 0.15) is 36.0 Å². The predicted molar refractivity (Wildman–Crippen MR) is 136 cm³/mol. The first-order valence-corrected chi connectivity index (χ1v) is 11.5. The number of anilines is 1. The van der Waals surface area contributed by atoms with E-state index in [0.717, 1.165) is 41.7 Å². The number of rotatable bonds is 7. The molecule has 0 aliphatic carbocycles. The average molecular weight is 543 g/mol. The summed E-state index contributed by atoms with van der Waals surface area (Å²) in [4.78, 5) is 11.2. The molecule has 0 radical (unpaired) electrons. The number of thioether (sulfide) groups is 1. The van der Waals surface area contributed by atoms with Gasteiger partial charge in [-0.05, 0) is 66.5 Å². The van der Waals surface area contributed by atoms with Gasteiger partial charge in [0.15, 0.2) is 5.96 Å². The standard InChI is InChI=1S/C22H30FN5S.HI/c1-24-22(27-15-18-6-7-20(23)13-19(18)16-29-2)26-14-17-8-9-25-21(12-17)28-10-4-3-5-11-28;/h6-9,12-13H,3-5,10-11,14-16H2,1-2H3,(H2,24,26,27);1H. The molecule has 0 amide bonds. The second kappa shape index (κ2) is 13.0. The molecule has 3 rings (SSSR count). The Morgan fingerprint density at radius 3 is 2.60 bits per heavy atom. The summed E-state index contributed by atoms with van der Waals surface area (Å²) >= 11 is 1.69. The molecule has 30 heavy (non-hydrogen) atoms. The van der Waals surface area contributed by atoms with Crippen LogP contribution in [0, 0.1) is 5.82 Å². The van der Waals surface area contributed by atoms with Crippen molar-refractivity contribution >= 4 is 47.5 Å². The molecule has 1 aliphatic heterocycles. The normalized spacial score (nSPS) is 14.2. The van der Waals surface area contributed by atoms with Crippen LogP contribution in [-0.2, 0) is 18.8 Å². The van der Waals surface area contributed by atoms with Crippen LogP contribution in [0.2, 0.25) is 0 Å². The molecule has 2 N–H and O–H groups in total. The molecule has 0 saturated carbocycles.